The molecule has 2 aromatic carbocycles. The maximum atomic E-state index is 13.9. The predicted octanol–water partition coefficient (Wildman–Crippen LogP) is 4.82. The van der Waals surface area contributed by atoms with Gasteiger partial charge in [0.15, 0.2) is 5.60 Å². The van der Waals surface area contributed by atoms with Crippen LogP contribution in [0.4, 0.5) is 18.9 Å². The molecule has 152 valence electrons. The lowest BCUT2D eigenvalue weighted by Gasteiger charge is -2.33. The number of H-pyrrole nitrogens is 1. The molecule has 4 rings (SSSR count). The van der Waals surface area contributed by atoms with Crippen LogP contribution < -0.4 is 4.74 Å². The van der Waals surface area contributed by atoms with Gasteiger partial charge < -0.3 is 9.84 Å². The summed E-state index contributed by atoms with van der Waals surface area (Å²) >= 11 is 0. The third kappa shape index (κ3) is 3.72. The van der Waals surface area contributed by atoms with Crippen molar-refractivity contribution in [1.82, 2.24) is 10.2 Å². The number of halogens is 3. The van der Waals surface area contributed by atoms with Gasteiger partial charge in [-0.15, -0.1) is 0 Å². The maximum Gasteiger partial charge on any atom is 0.422 e. The molecule has 0 aliphatic carbocycles. The van der Waals surface area contributed by atoms with E-state index >= 15 is 0 Å². The highest BCUT2D eigenvalue weighted by atomic mass is 19.4. The Balaban J connectivity index is 1.67. The van der Waals surface area contributed by atoms with Crippen LogP contribution in [0.2, 0.25) is 0 Å². The van der Waals surface area contributed by atoms with Crippen molar-refractivity contribution in [1.29, 1.82) is 0 Å². The van der Waals surface area contributed by atoms with E-state index in [2.05, 4.69) is 15.2 Å². The number of aliphatic hydroxyl groups is 1. The molecule has 8 heteroatoms. The van der Waals surface area contributed by atoms with Gasteiger partial charge in [0.25, 0.3) is 0 Å². The Hall–Kier alpha value is -2.87. The molecule has 2 heterocycles. The quantitative estimate of drug-likeness (QED) is 0.614. The van der Waals surface area contributed by atoms with Crippen molar-refractivity contribution in [3.05, 3.63) is 53.7 Å². The third-order valence-corrected chi connectivity index (χ3v) is 5.26. The van der Waals surface area contributed by atoms with Gasteiger partial charge in [-0.25, -0.2) is 0 Å². The molecule has 1 aromatic heterocycles. The molecule has 0 radical (unpaired) electrons. The molecule has 2 unspecified atom stereocenters. The highest BCUT2D eigenvalue weighted by Gasteiger charge is 2.54. The highest BCUT2D eigenvalue weighted by Crippen LogP contribution is 2.43. The summed E-state index contributed by atoms with van der Waals surface area (Å²) in [5.41, 5.74) is -0.464. The van der Waals surface area contributed by atoms with Crippen LogP contribution in [-0.4, -0.2) is 39.9 Å². The normalized spacial score (nSPS) is 19.1. The first-order valence-electron chi connectivity index (χ1n) is 9.27. The zero-order chi connectivity index (χ0) is 20.6. The Morgan fingerprint density at radius 3 is 2.93 bits per heavy atom. The van der Waals surface area contributed by atoms with Gasteiger partial charge in [0.2, 0.25) is 0 Å². The second kappa shape index (κ2) is 7.18. The van der Waals surface area contributed by atoms with E-state index in [1.54, 1.807) is 24.3 Å². The molecule has 29 heavy (non-hydrogen) atoms. The molecule has 2 atom stereocenters. The van der Waals surface area contributed by atoms with E-state index in [9.17, 15) is 18.3 Å². The fourth-order valence-corrected chi connectivity index (χ4v) is 3.64. The van der Waals surface area contributed by atoms with Crippen molar-refractivity contribution in [3.63, 3.8) is 0 Å². The SMILES string of the molecule is Cc1ccc2c(c1)OCCC2CC(O)(C=Nc1cccc2[nH]ncc12)C(F)(F)F. The van der Waals surface area contributed by atoms with Crippen LogP contribution in [-0.2, 0) is 0 Å². The number of hydrogen-bond donors (Lipinski definition) is 2. The maximum absolute atomic E-state index is 13.9. The van der Waals surface area contributed by atoms with Crippen molar-refractivity contribution >= 4 is 22.8 Å². The van der Waals surface area contributed by atoms with Crippen LogP contribution in [0, 0.1) is 6.92 Å². The number of fused-ring (bicyclic) bond motifs is 2. The summed E-state index contributed by atoms with van der Waals surface area (Å²) in [6.45, 7) is 2.20. The standard InChI is InChI=1S/C21H20F3N3O2/c1-13-5-6-15-14(7-8-29-19(15)9-13)10-20(28,21(22,23)24)12-25-17-3-2-4-18-16(17)11-26-27-18/h2-6,9,11-12,14,28H,7-8,10H2,1H3,(H,26,27). The van der Waals surface area contributed by atoms with E-state index in [0.717, 1.165) is 5.56 Å². The largest absolute Gasteiger partial charge is 0.493 e. The monoisotopic (exact) mass is 403 g/mol. The number of nitrogens with one attached hydrogen (secondary N) is 1. The Morgan fingerprint density at radius 1 is 1.31 bits per heavy atom. The minimum atomic E-state index is -4.87. The summed E-state index contributed by atoms with van der Waals surface area (Å²) in [5.74, 6) is 0.0769. The van der Waals surface area contributed by atoms with E-state index in [-0.39, 0.29) is 0 Å². The van der Waals surface area contributed by atoms with Crippen molar-refractivity contribution in [2.24, 2.45) is 4.99 Å². The van der Waals surface area contributed by atoms with Gasteiger partial charge in [-0.05, 0) is 55.0 Å². The summed E-state index contributed by atoms with van der Waals surface area (Å²) < 4.78 is 47.2. The van der Waals surface area contributed by atoms with E-state index in [1.807, 2.05) is 19.1 Å². The molecule has 5 nitrogen and oxygen atoms in total. The smallest absolute Gasteiger partial charge is 0.422 e. The average Bonchev–Trinajstić information content (AvgIpc) is 3.15. The molecule has 0 bridgehead atoms. The molecule has 0 spiro atoms. The van der Waals surface area contributed by atoms with Gasteiger partial charge in [0.1, 0.15) is 5.75 Å². The number of benzene rings is 2. The molecule has 1 aliphatic heterocycles. The number of hydrogen-bond acceptors (Lipinski definition) is 4. The molecule has 3 aromatic rings. The van der Waals surface area contributed by atoms with Crippen molar-refractivity contribution < 1.29 is 23.0 Å². The molecule has 0 amide bonds. The van der Waals surface area contributed by atoms with Crippen molar-refractivity contribution in [2.45, 2.75) is 37.5 Å². The predicted molar refractivity (Wildman–Crippen MR) is 104 cm³/mol. The number of nitrogens with zero attached hydrogens (tertiary/aromatic N) is 2. The summed E-state index contributed by atoms with van der Waals surface area (Å²) in [6, 6.07) is 10.4. The van der Waals surface area contributed by atoms with E-state index < -0.39 is 24.1 Å². The number of ether oxygens (including phenoxy) is 1. The third-order valence-electron chi connectivity index (χ3n) is 5.26. The lowest BCUT2D eigenvalue weighted by atomic mass is 9.82. The van der Waals surface area contributed by atoms with Crippen LogP contribution >= 0.6 is 0 Å². The highest BCUT2D eigenvalue weighted by molar-refractivity contribution is 5.91. The fourth-order valence-electron chi connectivity index (χ4n) is 3.64. The molecule has 2 N–H and O–H groups in total. The van der Waals surface area contributed by atoms with Gasteiger partial charge in [-0.1, -0.05) is 18.2 Å². The zero-order valence-electron chi connectivity index (χ0n) is 15.7. The second-order valence-corrected chi connectivity index (χ2v) is 7.37. The number of alkyl halides is 3. The summed E-state index contributed by atoms with van der Waals surface area (Å²) in [4.78, 5) is 3.99. The van der Waals surface area contributed by atoms with Gasteiger partial charge in [0.05, 0.1) is 24.0 Å². The number of aromatic amines is 1. The van der Waals surface area contributed by atoms with E-state index in [4.69, 9.17) is 4.74 Å². The second-order valence-electron chi connectivity index (χ2n) is 7.37. The minimum Gasteiger partial charge on any atom is -0.493 e. The minimum absolute atomic E-state index is 0.306. The van der Waals surface area contributed by atoms with Gasteiger partial charge in [-0.2, -0.15) is 18.3 Å². The summed E-state index contributed by atoms with van der Waals surface area (Å²) in [6.07, 6.45) is -2.91. The number of aromatic nitrogens is 2. The molecular weight excluding hydrogens is 383 g/mol. The summed E-state index contributed by atoms with van der Waals surface area (Å²) in [5, 5.41) is 17.8. The van der Waals surface area contributed by atoms with E-state index in [1.165, 1.54) is 6.20 Å². The molecule has 0 saturated heterocycles. The van der Waals surface area contributed by atoms with Crippen molar-refractivity contribution in [2.75, 3.05) is 6.61 Å². The van der Waals surface area contributed by atoms with Gasteiger partial charge in [-0.3, -0.25) is 10.1 Å². The Labute approximate surface area is 165 Å². The Kier molecular flexibility index (Phi) is 4.82. The Bertz CT molecular complexity index is 1060. The molecule has 1 aliphatic rings. The number of rotatable bonds is 4. The lowest BCUT2D eigenvalue weighted by molar-refractivity contribution is -0.232. The van der Waals surface area contributed by atoms with Gasteiger partial charge in [0, 0.05) is 11.6 Å². The van der Waals surface area contributed by atoms with Crippen LogP contribution in [0.25, 0.3) is 10.9 Å². The molecule has 0 fully saturated rings. The first kappa shape index (κ1) is 19.4. The van der Waals surface area contributed by atoms with Crippen LogP contribution in [0.1, 0.15) is 29.9 Å². The first-order valence-corrected chi connectivity index (χ1v) is 9.27. The topological polar surface area (TPSA) is 70.5 Å². The number of aliphatic imine (C=N–C) groups is 1. The zero-order valence-corrected chi connectivity index (χ0v) is 15.7. The summed E-state index contributed by atoms with van der Waals surface area (Å²) in [7, 11) is 0. The van der Waals surface area contributed by atoms with E-state index in [0.29, 0.717) is 47.1 Å². The Morgan fingerprint density at radius 2 is 2.14 bits per heavy atom. The van der Waals surface area contributed by atoms with Crippen LogP contribution in [0.5, 0.6) is 5.75 Å². The van der Waals surface area contributed by atoms with Gasteiger partial charge >= 0.3 is 6.18 Å². The van der Waals surface area contributed by atoms with Crippen LogP contribution in [0.15, 0.2) is 47.6 Å². The first-order chi connectivity index (χ1) is 13.8. The lowest BCUT2D eigenvalue weighted by Crippen LogP contribution is -2.48. The fraction of sp³-hybridized carbons (Fsp3) is 0.333. The molecule has 0 saturated carbocycles. The van der Waals surface area contributed by atoms with Crippen molar-refractivity contribution in [3.8, 4) is 5.75 Å². The van der Waals surface area contributed by atoms with Crippen LogP contribution in [0.3, 0.4) is 0 Å². The number of aryl methyl sites for hydroxylation is 1. The average molecular weight is 403 g/mol. The molecular formula is C21H20F3N3O2.